The number of thiol groups is 1. The summed E-state index contributed by atoms with van der Waals surface area (Å²) in [5, 5.41) is -3.21. The molecule has 6 heteroatoms. The Hall–Kier alpha value is -1.26. The molecule has 0 aliphatic carbocycles. The number of hydrogen-bond acceptors (Lipinski definition) is 4. The van der Waals surface area contributed by atoms with Gasteiger partial charge in [-0.1, -0.05) is 68.0 Å². The van der Waals surface area contributed by atoms with Gasteiger partial charge in [-0.15, -0.1) is 12.2 Å². The molecule has 0 bridgehead atoms. The van der Waals surface area contributed by atoms with E-state index in [1.54, 1.807) is 0 Å². The molecule has 0 saturated carbocycles. The molecule has 0 radical (unpaired) electrons. The second-order valence-electron chi connectivity index (χ2n) is 8.35. The van der Waals surface area contributed by atoms with E-state index >= 15 is 0 Å². The van der Waals surface area contributed by atoms with E-state index in [0.29, 0.717) is 11.1 Å². The van der Waals surface area contributed by atoms with Crippen molar-refractivity contribution in [2.75, 3.05) is 19.6 Å². The van der Waals surface area contributed by atoms with Crippen molar-refractivity contribution in [3.05, 3.63) is 68.8 Å². The molecular formula is C26H38NO2PS2. The topological polar surface area (TPSA) is 37.4 Å². The molecule has 3 nitrogen and oxygen atoms in total. The first kappa shape index (κ1) is 28.8. The van der Waals surface area contributed by atoms with Crippen molar-refractivity contribution in [1.29, 1.82) is 0 Å². The van der Waals surface area contributed by atoms with E-state index in [9.17, 15) is 9.59 Å². The van der Waals surface area contributed by atoms with Gasteiger partial charge in [-0.3, -0.25) is 9.59 Å². The first-order chi connectivity index (χ1) is 14.8. The molecule has 2 aromatic carbocycles. The average Bonchev–Trinajstić information content (AvgIpc) is 2.68. The Morgan fingerprint density at radius 1 is 0.719 bits per heavy atom. The van der Waals surface area contributed by atoms with Crippen molar-refractivity contribution < 1.29 is 9.59 Å². The lowest BCUT2D eigenvalue weighted by Gasteiger charge is -2.19. The highest BCUT2D eigenvalue weighted by Crippen LogP contribution is 2.57. The van der Waals surface area contributed by atoms with Gasteiger partial charge in [-0.2, -0.15) is 0 Å². The number of benzene rings is 2. The second kappa shape index (κ2) is 12.3. The molecule has 0 aliphatic rings. The predicted molar refractivity (Wildman–Crippen MR) is 147 cm³/mol. The van der Waals surface area contributed by atoms with E-state index in [4.69, 9.17) is 11.8 Å². The van der Waals surface area contributed by atoms with Crippen molar-refractivity contribution in [1.82, 2.24) is 4.90 Å². The quantitative estimate of drug-likeness (QED) is 0.328. The minimum absolute atomic E-state index is 0.315. The predicted octanol–water partition coefficient (Wildman–Crippen LogP) is 7.19. The molecule has 0 aromatic heterocycles. The maximum Gasteiger partial charge on any atom is 0.211 e. The van der Waals surface area contributed by atoms with Crippen LogP contribution < -0.4 is 0 Å². The molecule has 0 fully saturated rings. The van der Waals surface area contributed by atoms with Crippen molar-refractivity contribution in [3.8, 4) is 0 Å². The number of nitrogens with zero attached hydrogens (tertiary/aromatic N) is 1. The molecule has 0 saturated heterocycles. The van der Waals surface area contributed by atoms with Crippen LogP contribution in [0.5, 0.6) is 0 Å². The van der Waals surface area contributed by atoms with Crippen LogP contribution in [0, 0.1) is 41.5 Å². The Balaban J connectivity index is 0.000000633. The van der Waals surface area contributed by atoms with Crippen molar-refractivity contribution >= 4 is 40.3 Å². The standard InChI is InChI=1S/C20H23O2PS2.C6H15N/c1-11-7-13(3)17(14(4)8-11)19(21)23(24,25)20(22)18-15(5)9-12(2)10-16(18)6;1-4-7(5-2)6-3/h7-10H,1-6H3,(H,24,25);4-6H2,1-3H3. The maximum absolute atomic E-state index is 13.2. The van der Waals surface area contributed by atoms with Gasteiger partial charge in [-0.05, 0) is 83.4 Å². The lowest BCUT2D eigenvalue weighted by Crippen LogP contribution is -2.21. The fraction of sp³-hybridized carbons (Fsp3) is 0.462. The van der Waals surface area contributed by atoms with Crippen LogP contribution in [0.2, 0.25) is 0 Å². The summed E-state index contributed by atoms with van der Waals surface area (Å²) in [6.07, 6.45) is 0. The second-order valence-corrected chi connectivity index (χ2v) is 14.6. The summed E-state index contributed by atoms with van der Waals surface area (Å²) in [5.41, 5.74) is 5.99. The molecule has 0 heterocycles. The highest BCUT2D eigenvalue weighted by Gasteiger charge is 2.35. The zero-order chi connectivity index (χ0) is 24.8. The van der Waals surface area contributed by atoms with Gasteiger partial charge in [0.15, 0.2) is 0 Å². The van der Waals surface area contributed by atoms with Gasteiger partial charge in [0.25, 0.3) is 0 Å². The van der Waals surface area contributed by atoms with E-state index < -0.39 is 5.24 Å². The first-order valence-electron chi connectivity index (χ1n) is 11.1. The van der Waals surface area contributed by atoms with Gasteiger partial charge in [0.2, 0.25) is 11.0 Å². The molecule has 2 rings (SSSR count). The zero-order valence-electron chi connectivity index (χ0n) is 21.0. The smallest absolute Gasteiger partial charge is 0.211 e. The normalized spacial score (nSPS) is 11.2. The molecule has 0 spiro atoms. The molecular weight excluding hydrogens is 453 g/mol. The van der Waals surface area contributed by atoms with Gasteiger partial charge in [0.1, 0.15) is 5.24 Å². The van der Waals surface area contributed by atoms with Gasteiger partial charge in [-0.25, -0.2) is 0 Å². The van der Waals surface area contributed by atoms with Crippen molar-refractivity contribution in [3.63, 3.8) is 0 Å². The Bertz CT molecular complexity index is 917. The third-order valence-corrected chi connectivity index (χ3v) is 9.31. The molecule has 32 heavy (non-hydrogen) atoms. The summed E-state index contributed by atoms with van der Waals surface area (Å²) in [7, 11) is 0. The highest BCUT2D eigenvalue weighted by molar-refractivity contribution is 8.74. The highest BCUT2D eigenvalue weighted by atomic mass is 32.9. The monoisotopic (exact) mass is 491 g/mol. The summed E-state index contributed by atoms with van der Waals surface area (Å²) < 4.78 is 0. The van der Waals surface area contributed by atoms with Gasteiger partial charge >= 0.3 is 0 Å². The van der Waals surface area contributed by atoms with E-state index in [-0.39, 0.29) is 11.0 Å². The van der Waals surface area contributed by atoms with Crippen molar-refractivity contribution in [2.45, 2.75) is 62.3 Å². The van der Waals surface area contributed by atoms with Gasteiger partial charge in [0.05, 0.1) is 0 Å². The van der Waals surface area contributed by atoms with Gasteiger partial charge < -0.3 is 4.90 Å². The number of rotatable bonds is 7. The Morgan fingerprint density at radius 2 is 0.969 bits per heavy atom. The molecule has 176 valence electrons. The zero-order valence-corrected chi connectivity index (χ0v) is 23.6. The number of carbonyl (C=O) groups is 2. The SMILES string of the molecule is CCN(CC)CC.Cc1cc(C)c(C(=O)P(=S)(S)C(=O)c2c(C)cc(C)cc2C)c(C)c1. The lowest BCUT2D eigenvalue weighted by atomic mass is 10.0. The number of hydrogen-bond donors (Lipinski definition) is 1. The van der Waals surface area contributed by atoms with Crippen LogP contribution >= 0.6 is 17.5 Å². The van der Waals surface area contributed by atoms with E-state index in [0.717, 1.165) is 33.4 Å². The number of carbonyl (C=O) groups excluding carboxylic acids is 2. The molecule has 2 aromatic rings. The fourth-order valence-electron chi connectivity index (χ4n) is 4.10. The fourth-order valence-corrected chi connectivity index (χ4v) is 6.74. The molecule has 0 aliphatic heterocycles. The molecule has 0 unspecified atom stereocenters. The number of aryl methyl sites for hydroxylation is 6. The molecule has 0 amide bonds. The van der Waals surface area contributed by atoms with Crippen LogP contribution in [0.15, 0.2) is 24.3 Å². The molecule has 0 atom stereocenters. The van der Waals surface area contributed by atoms with Crippen LogP contribution in [0.25, 0.3) is 0 Å². The van der Waals surface area contributed by atoms with Crippen LogP contribution in [0.1, 0.15) is 74.9 Å². The average molecular weight is 492 g/mol. The van der Waals surface area contributed by atoms with Gasteiger partial charge in [0, 0.05) is 11.1 Å². The largest absolute Gasteiger partial charge is 0.304 e. The third-order valence-electron chi connectivity index (χ3n) is 5.67. The lowest BCUT2D eigenvalue weighted by molar-refractivity contribution is 0.105. The van der Waals surface area contributed by atoms with Crippen molar-refractivity contribution in [2.24, 2.45) is 0 Å². The van der Waals surface area contributed by atoms with E-state index in [2.05, 4.69) is 37.9 Å². The van der Waals surface area contributed by atoms with Crippen LogP contribution in [0.4, 0.5) is 0 Å². The Labute approximate surface area is 205 Å². The van der Waals surface area contributed by atoms with Crippen LogP contribution in [0.3, 0.4) is 0 Å². The summed E-state index contributed by atoms with van der Waals surface area (Å²) in [5.74, 6) is 0. The maximum atomic E-state index is 13.2. The summed E-state index contributed by atoms with van der Waals surface area (Å²) in [4.78, 5) is 28.7. The first-order valence-corrected chi connectivity index (χ1v) is 15.1. The Kier molecular flexibility index (Phi) is 11.0. The summed E-state index contributed by atoms with van der Waals surface area (Å²) in [6.45, 7) is 21.6. The Morgan fingerprint density at radius 3 is 1.16 bits per heavy atom. The molecule has 0 N–H and O–H groups in total. The van der Waals surface area contributed by atoms with E-state index in [1.165, 1.54) is 19.6 Å². The summed E-state index contributed by atoms with van der Waals surface area (Å²) >= 11 is 10.0. The van der Waals surface area contributed by atoms with Crippen LogP contribution in [-0.4, -0.2) is 35.6 Å². The van der Waals surface area contributed by atoms with E-state index in [1.807, 2.05) is 65.8 Å². The third kappa shape index (κ3) is 6.87. The minimum atomic E-state index is -3.21. The summed E-state index contributed by atoms with van der Waals surface area (Å²) in [6, 6.07) is 7.76. The van der Waals surface area contributed by atoms with Crippen LogP contribution in [-0.2, 0) is 11.8 Å². The minimum Gasteiger partial charge on any atom is -0.304 e.